The van der Waals surface area contributed by atoms with Crippen molar-refractivity contribution >= 4 is 27.6 Å². The van der Waals surface area contributed by atoms with Gasteiger partial charge in [-0.3, -0.25) is 4.79 Å². The Kier molecular flexibility index (Phi) is 8.83. The topological polar surface area (TPSA) is 117 Å². The van der Waals surface area contributed by atoms with Crippen LogP contribution in [0.2, 0.25) is 0 Å². The maximum atomic E-state index is 12.7. The number of ether oxygens (including phenoxy) is 1. The number of sulfonamides is 1. The molecule has 0 radical (unpaired) electrons. The van der Waals surface area contributed by atoms with Crippen molar-refractivity contribution in [2.24, 2.45) is 0 Å². The summed E-state index contributed by atoms with van der Waals surface area (Å²) in [7, 11) is -2.28. The summed E-state index contributed by atoms with van der Waals surface area (Å²) in [5.41, 5.74) is 1.13. The highest BCUT2D eigenvalue weighted by molar-refractivity contribution is 7.89. The Hall–Kier alpha value is -3.11. The molecule has 9 nitrogen and oxygen atoms in total. The van der Waals surface area contributed by atoms with E-state index in [1.807, 2.05) is 30.3 Å². The molecule has 0 aliphatic heterocycles. The molecule has 10 heteroatoms. The zero-order chi connectivity index (χ0) is 22.9. The van der Waals surface area contributed by atoms with E-state index in [1.165, 1.54) is 29.6 Å². The molecule has 168 valence electrons. The lowest BCUT2D eigenvalue weighted by atomic mass is 10.2. The lowest BCUT2D eigenvalue weighted by Gasteiger charge is -2.19. The van der Waals surface area contributed by atoms with Crippen molar-refractivity contribution in [2.75, 3.05) is 32.1 Å². The Morgan fingerprint density at radius 2 is 1.68 bits per heavy atom. The van der Waals surface area contributed by atoms with Crippen LogP contribution < -0.4 is 20.7 Å². The molecule has 3 amide bonds. The molecule has 0 aliphatic rings. The van der Waals surface area contributed by atoms with Gasteiger partial charge in [0, 0.05) is 19.6 Å². The summed E-state index contributed by atoms with van der Waals surface area (Å²) >= 11 is 0. The summed E-state index contributed by atoms with van der Waals surface area (Å²) in [6.45, 7) is 4.19. The maximum Gasteiger partial charge on any atom is 0.315 e. The average Bonchev–Trinajstić information content (AvgIpc) is 2.77. The summed E-state index contributed by atoms with van der Waals surface area (Å²) in [5.74, 6) is -0.217. The van der Waals surface area contributed by atoms with Gasteiger partial charge in [-0.1, -0.05) is 44.2 Å². The van der Waals surface area contributed by atoms with Crippen LogP contribution in [0.3, 0.4) is 0 Å². The van der Waals surface area contributed by atoms with Crippen molar-refractivity contribution in [3.8, 4) is 5.75 Å². The van der Waals surface area contributed by atoms with E-state index < -0.39 is 22.0 Å². The van der Waals surface area contributed by atoms with Crippen LogP contribution in [0.5, 0.6) is 5.75 Å². The van der Waals surface area contributed by atoms with Crippen LogP contribution in [0.4, 0.5) is 10.5 Å². The number of anilines is 1. The molecule has 0 atom stereocenters. The normalized spacial score (nSPS) is 11.1. The minimum absolute atomic E-state index is 0.0425. The van der Waals surface area contributed by atoms with Crippen LogP contribution in [0.15, 0.2) is 53.4 Å². The molecule has 2 aromatic rings. The van der Waals surface area contributed by atoms with Gasteiger partial charge in [-0.15, -0.1) is 0 Å². The number of carbonyl (C=O) groups excluding carboxylic acids is 2. The monoisotopic (exact) mass is 448 g/mol. The summed E-state index contributed by atoms with van der Waals surface area (Å²) in [4.78, 5) is 24.3. The first-order chi connectivity index (χ1) is 14.8. The van der Waals surface area contributed by atoms with Crippen LogP contribution in [-0.2, 0) is 21.4 Å². The highest BCUT2D eigenvalue weighted by Gasteiger charge is 2.23. The Morgan fingerprint density at radius 3 is 2.29 bits per heavy atom. The second-order valence-corrected chi connectivity index (χ2v) is 8.46. The molecule has 2 aromatic carbocycles. The van der Waals surface area contributed by atoms with Crippen LogP contribution in [0.1, 0.15) is 19.4 Å². The third-order valence-corrected chi connectivity index (χ3v) is 6.54. The average molecular weight is 449 g/mol. The van der Waals surface area contributed by atoms with Gasteiger partial charge in [0.25, 0.3) is 0 Å². The Bertz CT molecular complexity index is 992. The summed E-state index contributed by atoms with van der Waals surface area (Å²) in [6.07, 6.45) is 0. The van der Waals surface area contributed by atoms with Crippen LogP contribution in [0.25, 0.3) is 0 Å². The molecule has 0 saturated heterocycles. The van der Waals surface area contributed by atoms with Crippen molar-refractivity contribution in [1.29, 1.82) is 0 Å². The third kappa shape index (κ3) is 6.69. The van der Waals surface area contributed by atoms with Gasteiger partial charge in [0.15, 0.2) is 0 Å². The lowest BCUT2D eigenvalue weighted by molar-refractivity contribution is -0.115. The quantitative estimate of drug-likeness (QED) is 0.515. The smallest absolute Gasteiger partial charge is 0.315 e. The summed E-state index contributed by atoms with van der Waals surface area (Å²) in [6, 6.07) is 13.1. The highest BCUT2D eigenvalue weighted by atomic mass is 32.2. The van der Waals surface area contributed by atoms with Gasteiger partial charge in [0.2, 0.25) is 15.9 Å². The number of hydrogen-bond acceptors (Lipinski definition) is 5. The number of amides is 3. The van der Waals surface area contributed by atoms with Crippen molar-refractivity contribution in [3.63, 3.8) is 0 Å². The molecule has 0 spiro atoms. The van der Waals surface area contributed by atoms with E-state index in [9.17, 15) is 18.0 Å². The molecule has 0 unspecified atom stereocenters. The Balaban J connectivity index is 2.00. The molecular formula is C21H28N4O5S. The maximum absolute atomic E-state index is 12.7. The first kappa shape index (κ1) is 24.2. The van der Waals surface area contributed by atoms with Gasteiger partial charge in [-0.25, -0.2) is 13.2 Å². The summed E-state index contributed by atoms with van der Waals surface area (Å²) in [5, 5.41) is 7.71. The second kappa shape index (κ2) is 11.3. The molecule has 0 heterocycles. The number of methoxy groups -OCH3 is 1. The van der Waals surface area contributed by atoms with Crippen LogP contribution in [-0.4, -0.2) is 51.4 Å². The van der Waals surface area contributed by atoms with Crippen molar-refractivity contribution in [1.82, 2.24) is 14.9 Å². The molecule has 3 N–H and O–H groups in total. The van der Waals surface area contributed by atoms with Crippen LogP contribution in [0, 0.1) is 0 Å². The SMILES string of the molecule is CCN(CC)S(=O)(=O)c1ccc(OC)c(NC(=O)CNC(=O)NCc2ccccc2)c1. The van der Waals surface area contributed by atoms with Gasteiger partial charge in [-0.05, 0) is 23.8 Å². The summed E-state index contributed by atoms with van der Waals surface area (Å²) < 4.78 is 32.0. The first-order valence-corrected chi connectivity index (χ1v) is 11.3. The Labute approximate surface area is 182 Å². The van der Waals surface area contributed by atoms with Crippen molar-refractivity contribution in [3.05, 3.63) is 54.1 Å². The zero-order valence-corrected chi connectivity index (χ0v) is 18.7. The van der Waals surface area contributed by atoms with Gasteiger partial charge in [-0.2, -0.15) is 4.31 Å². The highest BCUT2D eigenvalue weighted by Crippen LogP contribution is 2.28. The van der Waals surface area contributed by atoms with Crippen LogP contribution >= 0.6 is 0 Å². The fourth-order valence-electron chi connectivity index (χ4n) is 2.85. The van der Waals surface area contributed by atoms with Gasteiger partial charge in [0.1, 0.15) is 5.75 Å². The minimum Gasteiger partial charge on any atom is -0.495 e. The number of rotatable bonds is 10. The van der Waals surface area contributed by atoms with Crippen molar-refractivity contribution in [2.45, 2.75) is 25.3 Å². The van der Waals surface area contributed by atoms with E-state index in [1.54, 1.807) is 13.8 Å². The number of nitrogens with one attached hydrogen (secondary N) is 3. The number of carbonyl (C=O) groups is 2. The lowest BCUT2D eigenvalue weighted by Crippen LogP contribution is -2.39. The molecule has 2 rings (SSSR count). The molecule has 0 bridgehead atoms. The molecule has 0 aromatic heterocycles. The van der Waals surface area contributed by atoms with Gasteiger partial charge in [0.05, 0.1) is 24.2 Å². The number of hydrogen-bond donors (Lipinski definition) is 3. The fraction of sp³-hybridized carbons (Fsp3) is 0.333. The standard InChI is InChI=1S/C21H28N4O5S/c1-4-25(5-2)31(28,29)17-11-12-19(30-3)18(13-17)24-20(26)15-23-21(27)22-14-16-9-7-6-8-10-16/h6-13H,4-5,14-15H2,1-3H3,(H,24,26)(H2,22,23,27). The Morgan fingerprint density at radius 1 is 1.00 bits per heavy atom. The number of nitrogens with zero attached hydrogens (tertiary/aromatic N) is 1. The molecular weight excluding hydrogens is 420 g/mol. The molecule has 0 aliphatic carbocycles. The van der Waals surface area contributed by atoms with Gasteiger partial charge >= 0.3 is 6.03 Å². The largest absolute Gasteiger partial charge is 0.495 e. The van der Waals surface area contributed by atoms with Gasteiger partial charge < -0.3 is 20.7 Å². The molecule has 0 fully saturated rings. The van der Waals surface area contributed by atoms with Crippen molar-refractivity contribution < 1.29 is 22.7 Å². The number of benzene rings is 2. The predicted octanol–water partition coefficient (Wildman–Crippen LogP) is 2.16. The van der Waals surface area contributed by atoms with E-state index in [0.29, 0.717) is 25.4 Å². The predicted molar refractivity (Wildman–Crippen MR) is 118 cm³/mol. The zero-order valence-electron chi connectivity index (χ0n) is 17.8. The fourth-order valence-corrected chi connectivity index (χ4v) is 4.34. The molecule has 31 heavy (non-hydrogen) atoms. The molecule has 0 saturated carbocycles. The van der Waals surface area contributed by atoms with E-state index in [2.05, 4.69) is 16.0 Å². The number of urea groups is 1. The minimum atomic E-state index is -3.70. The third-order valence-electron chi connectivity index (χ3n) is 4.49. The van der Waals surface area contributed by atoms with E-state index >= 15 is 0 Å². The van der Waals surface area contributed by atoms with E-state index in [0.717, 1.165) is 5.56 Å². The van der Waals surface area contributed by atoms with E-state index in [-0.39, 0.29) is 17.1 Å². The second-order valence-electron chi connectivity index (χ2n) is 6.52. The van der Waals surface area contributed by atoms with E-state index in [4.69, 9.17) is 4.74 Å². The first-order valence-electron chi connectivity index (χ1n) is 9.85.